The van der Waals surface area contributed by atoms with E-state index in [4.69, 9.17) is 14.9 Å². The standard InChI is InChI=1S/C5H12O4/c6-1-2-8-3-4-9-5-7/h6-7H,1-5H2. The fourth-order valence-electron chi connectivity index (χ4n) is 0.349. The third-order valence-electron chi connectivity index (χ3n) is 0.699. The maximum atomic E-state index is 8.21. The first-order valence-electron chi connectivity index (χ1n) is 2.79. The minimum absolute atomic E-state index is 0.0269. The smallest absolute Gasteiger partial charge is 0.143 e. The van der Waals surface area contributed by atoms with Gasteiger partial charge in [0.2, 0.25) is 0 Å². The molecule has 0 aromatic rings. The first-order chi connectivity index (χ1) is 4.41. The number of aliphatic hydroxyl groups excluding tert-OH is 2. The number of hydrogen-bond donors (Lipinski definition) is 2. The van der Waals surface area contributed by atoms with Gasteiger partial charge in [-0.15, -0.1) is 0 Å². The van der Waals surface area contributed by atoms with Crippen LogP contribution in [-0.4, -0.2) is 43.4 Å². The molecule has 0 radical (unpaired) electrons. The molecule has 0 aliphatic rings. The maximum Gasteiger partial charge on any atom is 0.143 e. The molecule has 0 saturated heterocycles. The van der Waals surface area contributed by atoms with E-state index >= 15 is 0 Å². The number of rotatable bonds is 6. The molecule has 0 fully saturated rings. The Balaban J connectivity index is 2.60. The first-order valence-corrected chi connectivity index (χ1v) is 2.79. The molecule has 2 N–H and O–H groups in total. The van der Waals surface area contributed by atoms with Gasteiger partial charge in [-0.05, 0) is 0 Å². The van der Waals surface area contributed by atoms with Crippen molar-refractivity contribution in [2.24, 2.45) is 0 Å². The highest BCUT2D eigenvalue weighted by molar-refractivity contribution is 4.26. The molecule has 0 heterocycles. The topological polar surface area (TPSA) is 58.9 Å². The molecule has 0 amide bonds. The van der Waals surface area contributed by atoms with Crippen molar-refractivity contribution in [3.05, 3.63) is 0 Å². The summed E-state index contributed by atoms with van der Waals surface area (Å²) < 4.78 is 9.33. The van der Waals surface area contributed by atoms with Crippen LogP contribution in [0.15, 0.2) is 0 Å². The van der Waals surface area contributed by atoms with E-state index in [9.17, 15) is 0 Å². The zero-order chi connectivity index (χ0) is 6.95. The monoisotopic (exact) mass is 136 g/mol. The van der Waals surface area contributed by atoms with Crippen LogP contribution in [0.25, 0.3) is 0 Å². The van der Waals surface area contributed by atoms with Gasteiger partial charge in [0.05, 0.1) is 26.4 Å². The molecule has 0 saturated carbocycles. The van der Waals surface area contributed by atoms with Gasteiger partial charge in [0.1, 0.15) is 6.79 Å². The van der Waals surface area contributed by atoms with Gasteiger partial charge in [-0.25, -0.2) is 0 Å². The Morgan fingerprint density at radius 1 is 0.889 bits per heavy atom. The predicted octanol–water partition coefficient (Wildman–Crippen LogP) is -1.04. The Morgan fingerprint density at radius 3 is 2.11 bits per heavy atom. The van der Waals surface area contributed by atoms with Crippen LogP contribution in [0.5, 0.6) is 0 Å². The molecule has 56 valence electrons. The second kappa shape index (κ2) is 7.84. The highest BCUT2D eigenvalue weighted by atomic mass is 16.6. The van der Waals surface area contributed by atoms with Crippen molar-refractivity contribution >= 4 is 0 Å². The van der Waals surface area contributed by atoms with Crippen molar-refractivity contribution in [3.8, 4) is 0 Å². The van der Waals surface area contributed by atoms with E-state index in [2.05, 4.69) is 4.74 Å². The van der Waals surface area contributed by atoms with E-state index in [1.165, 1.54) is 0 Å². The van der Waals surface area contributed by atoms with Crippen LogP contribution in [0.2, 0.25) is 0 Å². The molecule has 0 aliphatic carbocycles. The lowest BCUT2D eigenvalue weighted by Crippen LogP contribution is -2.07. The summed E-state index contributed by atoms with van der Waals surface area (Å²) >= 11 is 0. The summed E-state index contributed by atoms with van der Waals surface area (Å²) in [6.45, 7) is 0.869. The van der Waals surface area contributed by atoms with Gasteiger partial charge in [0.25, 0.3) is 0 Å². The van der Waals surface area contributed by atoms with E-state index in [1.54, 1.807) is 0 Å². The average molecular weight is 136 g/mol. The van der Waals surface area contributed by atoms with Gasteiger partial charge in [0.15, 0.2) is 0 Å². The van der Waals surface area contributed by atoms with Crippen molar-refractivity contribution in [2.45, 2.75) is 0 Å². The van der Waals surface area contributed by atoms with Gasteiger partial charge in [-0.2, -0.15) is 0 Å². The summed E-state index contributed by atoms with van der Waals surface area (Å²) in [5, 5.41) is 16.3. The molecule has 0 aromatic carbocycles. The molecule has 0 aromatic heterocycles. The Labute approximate surface area is 54.0 Å². The lowest BCUT2D eigenvalue weighted by atomic mass is 10.7. The number of hydrogen-bond acceptors (Lipinski definition) is 4. The van der Waals surface area contributed by atoms with Crippen LogP contribution in [0.3, 0.4) is 0 Å². The highest BCUT2D eigenvalue weighted by Crippen LogP contribution is 1.74. The molecule has 4 heteroatoms. The van der Waals surface area contributed by atoms with Crippen LogP contribution in [0, 0.1) is 0 Å². The zero-order valence-corrected chi connectivity index (χ0v) is 5.25. The molecule has 0 rings (SSSR count). The third kappa shape index (κ3) is 7.84. The molecule has 0 aliphatic heterocycles. The summed E-state index contributed by atoms with van der Waals surface area (Å²) in [7, 11) is 0. The molecule has 0 bridgehead atoms. The molecule has 0 atom stereocenters. The number of aliphatic hydroxyl groups is 2. The lowest BCUT2D eigenvalue weighted by Gasteiger charge is -2.00. The zero-order valence-electron chi connectivity index (χ0n) is 5.25. The minimum Gasteiger partial charge on any atom is -0.394 e. The van der Waals surface area contributed by atoms with Crippen LogP contribution in [-0.2, 0) is 9.47 Å². The highest BCUT2D eigenvalue weighted by Gasteiger charge is 1.84. The van der Waals surface area contributed by atoms with Crippen molar-refractivity contribution in [3.63, 3.8) is 0 Å². The predicted molar refractivity (Wildman–Crippen MR) is 30.9 cm³/mol. The summed E-state index contributed by atoms with van der Waals surface area (Å²) in [5.41, 5.74) is 0. The van der Waals surface area contributed by atoms with Crippen molar-refractivity contribution < 1.29 is 19.7 Å². The fraction of sp³-hybridized carbons (Fsp3) is 1.00. The summed E-state index contributed by atoms with van der Waals surface area (Å²) in [6, 6.07) is 0. The van der Waals surface area contributed by atoms with Gasteiger partial charge >= 0.3 is 0 Å². The first kappa shape index (κ1) is 8.84. The third-order valence-corrected chi connectivity index (χ3v) is 0.699. The second-order valence-electron chi connectivity index (χ2n) is 1.37. The molecular weight excluding hydrogens is 124 g/mol. The Bertz CT molecular complexity index is 42.2. The largest absolute Gasteiger partial charge is 0.394 e. The number of ether oxygens (including phenoxy) is 2. The van der Waals surface area contributed by atoms with Crippen LogP contribution in [0.4, 0.5) is 0 Å². The van der Waals surface area contributed by atoms with E-state index in [0.717, 1.165) is 0 Å². The quantitative estimate of drug-likeness (QED) is 0.362. The lowest BCUT2D eigenvalue weighted by molar-refractivity contribution is -0.0326. The molecular formula is C5H12O4. The maximum absolute atomic E-state index is 8.21. The van der Waals surface area contributed by atoms with Gasteiger partial charge < -0.3 is 19.7 Å². The summed E-state index contributed by atoms with van der Waals surface area (Å²) in [5.74, 6) is 0. The van der Waals surface area contributed by atoms with Gasteiger partial charge in [-0.3, -0.25) is 0 Å². The molecule has 0 spiro atoms. The Hall–Kier alpha value is -0.160. The van der Waals surface area contributed by atoms with Gasteiger partial charge in [-0.1, -0.05) is 0 Å². The molecule has 0 unspecified atom stereocenters. The Kier molecular flexibility index (Phi) is 7.70. The van der Waals surface area contributed by atoms with E-state index in [0.29, 0.717) is 19.8 Å². The van der Waals surface area contributed by atoms with Crippen LogP contribution < -0.4 is 0 Å². The average Bonchev–Trinajstić information content (AvgIpc) is 1.89. The van der Waals surface area contributed by atoms with Crippen molar-refractivity contribution in [1.82, 2.24) is 0 Å². The Morgan fingerprint density at radius 2 is 1.56 bits per heavy atom. The van der Waals surface area contributed by atoms with E-state index in [1.807, 2.05) is 0 Å². The van der Waals surface area contributed by atoms with Crippen molar-refractivity contribution in [2.75, 3.05) is 33.2 Å². The van der Waals surface area contributed by atoms with Crippen LogP contribution >= 0.6 is 0 Å². The second-order valence-corrected chi connectivity index (χ2v) is 1.37. The van der Waals surface area contributed by atoms with Crippen LogP contribution in [0.1, 0.15) is 0 Å². The minimum atomic E-state index is -0.275. The molecule has 9 heavy (non-hydrogen) atoms. The summed E-state index contributed by atoms with van der Waals surface area (Å²) in [4.78, 5) is 0. The van der Waals surface area contributed by atoms with E-state index < -0.39 is 0 Å². The van der Waals surface area contributed by atoms with E-state index in [-0.39, 0.29) is 13.4 Å². The van der Waals surface area contributed by atoms with Crippen molar-refractivity contribution in [1.29, 1.82) is 0 Å². The van der Waals surface area contributed by atoms with Gasteiger partial charge in [0, 0.05) is 0 Å². The summed E-state index contributed by atoms with van der Waals surface area (Å²) in [6.07, 6.45) is 0. The SMILES string of the molecule is OCCOCCOCO. The fourth-order valence-corrected chi connectivity index (χ4v) is 0.349. The normalized spacial score (nSPS) is 10.0. The molecule has 4 nitrogen and oxygen atoms in total.